The van der Waals surface area contributed by atoms with Gasteiger partial charge in [0.05, 0.1) is 46.5 Å². The Morgan fingerprint density at radius 2 is 1.68 bits per heavy atom. The highest BCUT2D eigenvalue weighted by Gasteiger charge is 2.31. The highest BCUT2D eigenvalue weighted by atomic mass is 35.5. The molecule has 2 heterocycles. The van der Waals surface area contributed by atoms with Crippen molar-refractivity contribution in [1.29, 1.82) is 0 Å². The van der Waals surface area contributed by atoms with Gasteiger partial charge >= 0.3 is 5.97 Å². The number of benzene rings is 3. The molecule has 0 fully saturated rings. The minimum atomic E-state index is -0.819. The number of esters is 1. The van der Waals surface area contributed by atoms with Gasteiger partial charge in [-0.1, -0.05) is 58.3 Å². The molecule has 0 saturated carbocycles. The van der Waals surface area contributed by atoms with Crippen LogP contribution in [0.15, 0.2) is 76.2 Å². The number of rotatable bonds is 10. The lowest BCUT2D eigenvalue weighted by atomic mass is 9.97. The molecular weight excluding hydrogens is 647 g/mol. The van der Waals surface area contributed by atoms with Gasteiger partial charge in [0.2, 0.25) is 0 Å². The number of hydrogen-bond donors (Lipinski definition) is 0. The zero-order valence-electron chi connectivity index (χ0n) is 23.9. The number of methoxy groups -OCH3 is 1. The van der Waals surface area contributed by atoms with Gasteiger partial charge in [-0.2, -0.15) is 0 Å². The minimum absolute atomic E-state index is 0.200. The largest absolute Gasteiger partial charge is 0.490 e. The molecule has 44 heavy (non-hydrogen) atoms. The fourth-order valence-electron chi connectivity index (χ4n) is 4.68. The van der Waals surface area contributed by atoms with Gasteiger partial charge in [-0.3, -0.25) is 9.36 Å². The van der Waals surface area contributed by atoms with E-state index in [-0.39, 0.29) is 17.7 Å². The van der Waals surface area contributed by atoms with Crippen molar-refractivity contribution >= 4 is 58.2 Å². The molecular formula is C32H27Cl3N2O6S. The number of fused-ring (bicyclic) bond motifs is 1. The summed E-state index contributed by atoms with van der Waals surface area (Å²) in [7, 11) is 1.29. The van der Waals surface area contributed by atoms with E-state index < -0.39 is 12.0 Å². The molecule has 1 aliphatic heterocycles. The van der Waals surface area contributed by atoms with Crippen LogP contribution in [0.1, 0.15) is 36.6 Å². The fraction of sp³-hybridized carbons (Fsp3) is 0.219. The fourth-order valence-corrected chi connectivity index (χ4v) is 6.14. The summed E-state index contributed by atoms with van der Waals surface area (Å²) in [6.07, 6.45) is 3.14. The SMILES string of the molecule is CCOc1ccc([C@@H]2C(C(=O)OC)=CN=c3s/c(=C/c4cc(Cl)ccc4OCc4ccc(Cl)c(Cl)c4)c(=O)n32)cc1OCC. The molecule has 0 aliphatic carbocycles. The van der Waals surface area contributed by atoms with E-state index in [9.17, 15) is 9.59 Å². The van der Waals surface area contributed by atoms with Gasteiger partial charge < -0.3 is 18.9 Å². The Morgan fingerprint density at radius 3 is 2.41 bits per heavy atom. The van der Waals surface area contributed by atoms with Crippen LogP contribution in [0.2, 0.25) is 15.1 Å². The average Bonchev–Trinajstić information content (AvgIpc) is 3.33. The highest BCUT2D eigenvalue weighted by molar-refractivity contribution is 7.07. The van der Waals surface area contributed by atoms with E-state index in [4.69, 9.17) is 53.8 Å². The first-order valence-corrected chi connectivity index (χ1v) is 15.5. The number of carbonyl (C=O) groups excluding carboxylic acids is 1. The van der Waals surface area contributed by atoms with Crippen molar-refractivity contribution in [1.82, 2.24) is 4.57 Å². The van der Waals surface area contributed by atoms with Crippen LogP contribution in [0.4, 0.5) is 0 Å². The van der Waals surface area contributed by atoms with Crippen molar-refractivity contribution < 1.29 is 23.7 Å². The summed E-state index contributed by atoms with van der Waals surface area (Å²) in [6, 6.07) is 14.9. The molecule has 0 bridgehead atoms. The topological polar surface area (TPSA) is 88.4 Å². The Morgan fingerprint density at radius 1 is 0.932 bits per heavy atom. The summed E-state index contributed by atoms with van der Waals surface area (Å²) in [6.45, 7) is 4.81. The quantitative estimate of drug-likeness (QED) is 0.182. The van der Waals surface area contributed by atoms with Gasteiger partial charge in [-0.05, 0) is 73.5 Å². The molecule has 1 aromatic heterocycles. The molecule has 0 radical (unpaired) electrons. The first kappa shape index (κ1) is 31.7. The predicted molar refractivity (Wildman–Crippen MR) is 172 cm³/mol. The third-order valence-electron chi connectivity index (χ3n) is 6.64. The Kier molecular flexibility index (Phi) is 10.0. The molecule has 4 aromatic rings. The van der Waals surface area contributed by atoms with Crippen LogP contribution in [0, 0.1) is 0 Å². The van der Waals surface area contributed by atoms with Crippen LogP contribution in [0.25, 0.3) is 6.08 Å². The molecule has 0 N–H and O–H groups in total. The molecule has 0 unspecified atom stereocenters. The van der Waals surface area contributed by atoms with Gasteiger partial charge in [0.1, 0.15) is 12.4 Å². The summed E-state index contributed by atoms with van der Waals surface area (Å²) < 4.78 is 24.5. The van der Waals surface area contributed by atoms with E-state index in [1.54, 1.807) is 54.6 Å². The number of thiazole rings is 1. The normalized spacial score (nSPS) is 14.4. The third-order valence-corrected chi connectivity index (χ3v) is 8.62. The maximum atomic E-state index is 14.0. The van der Waals surface area contributed by atoms with Crippen molar-refractivity contribution in [2.45, 2.75) is 26.5 Å². The maximum absolute atomic E-state index is 14.0. The second-order valence-corrected chi connectivity index (χ2v) is 11.7. The van der Waals surface area contributed by atoms with Crippen LogP contribution >= 0.6 is 46.1 Å². The minimum Gasteiger partial charge on any atom is -0.490 e. The van der Waals surface area contributed by atoms with Crippen LogP contribution < -0.4 is 29.1 Å². The maximum Gasteiger partial charge on any atom is 0.337 e. The number of nitrogens with zero attached hydrogens (tertiary/aromatic N) is 2. The van der Waals surface area contributed by atoms with E-state index >= 15 is 0 Å². The van der Waals surface area contributed by atoms with Crippen molar-refractivity contribution in [3.63, 3.8) is 0 Å². The van der Waals surface area contributed by atoms with Crippen molar-refractivity contribution in [3.05, 3.63) is 118 Å². The first-order chi connectivity index (χ1) is 21.2. The molecule has 5 rings (SSSR count). The van der Waals surface area contributed by atoms with E-state index in [2.05, 4.69) is 4.99 Å². The third kappa shape index (κ3) is 6.66. The van der Waals surface area contributed by atoms with Crippen LogP contribution in [0.5, 0.6) is 17.2 Å². The van der Waals surface area contributed by atoms with E-state index in [0.29, 0.717) is 66.0 Å². The lowest BCUT2D eigenvalue weighted by molar-refractivity contribution is -0.136. The number of carbonyl (C=O) groups is 1. The van der Waals surface area contributed by atoms with Crippen molar-refractivity contribution in [2.24, 2.45) is 4.99 Å². The number of halogens is 3. The van der Waals surface area contributed by atoms with Gasteiger partial charge in [-0.15, -0.1) is 0 Å². The monoisotopic (exact) mass is 672 g/mol. The zero-order chi connectivity index (χ0) is 31.4. The van der Waals surface area contributed by atoms with Gasteiger partial charge in [-0.25, -0.2) is 9.79 Å². The summed E-state index contributed by atoms with van der Waals surface area (Å²) in [5, 5.41) is 1.34. The van der Waals surface area contributed by atoms with E-state index in [0.717, 1.165) is 5.56 Å². The second kappa shape index (κ2) is 13.9. The number of ether oxygens (including phenoxy) is 4. The summed E-state index contributed by atoms with van der Waals surface area (Å²) in [5.41, 5.74) is 1.88. The zero-order valence-corrected chi connectivity index (χ0v) is 27.0. The molecule has 12 heteroatoms. The molecule has 0 saturated heterocycles. The van der Waals surface area contributed by atoms with Crippen LogP contribution in [0.3, 0.4) is 0 Å². The molecule has 0 spiro atoms. The molecule has 3 aromatic carbocycles. The lowest BCUT2D eigenvalue weighted by Crippen LogP contribution is -2.39. The first-order valence-electron chi connectivity index (χ1n) is 13.6. The van der Waals surface area contributed by atoms with Crippen molar-refractivity contribution in [2.75, 3.05) is 20.3 Å². The molecule has 0 amide bonds. The van der Waals surface area contributed by atoms with Crippen LogP contribution in [-0.2, 0) is 16.1 Å². The average molecular weight is 674 g/mol. The van der Waals surface area contributed by atoms with Crippen molar-refractivity contribution in [3.8, 4) is 17.2 Å². The smallest absolute Gasteiger partial charge is 0.337 e. The Labute approximate surface area is 272 Å². The highest BCUT2D eigenvalue weighted by Crippen LogP contribution is 2.35. The molecule has 1 aliphatic rings. The molecule has 228 valence electrons. The summed E-state index contributed by atoms with van der Waals surface area (Å²) >= 11 is 19.7. The van der Waals surface area contributed by atoms with Crippen LogP contribution in [-0.4, -0.2) is 30.9 Å². The van der Waals surface area contributed by atoms with Gasteiger partial charge in [0, 0.05) is 16.8 Å². The number of aromatic nitrogens is 1. The summed E-state index contributed by atoms with van der Waals surface area (Å²) in [4.78, 5) is 31.8. The lowest BCUT2D eigenvalue weighted by Gasteiger charge is -2.23. The Hall–Kier alpha value is -3.76. The molecule has 8 nitrogen and oxygen atoms in total. The van der Waals surface area contributed by atoms with Gasteiger partial charge in [0.15, 0.2) is 16.3 Å². The van der Waals surface area contributed by atoms with Gasteiger partial charge in [0.25, 0.3) is 5.56 Å². The standard InChI is InChI=1S/C32H27Cl3N2O6S/c1-4-41-26-10-7-19(14-27(26)42-5-2)29-22(31(39)40-3)16-36-32-37(29)30(38)28(44-32)15-20-13-21(33)8-11-25(20)43-17-18-6-9-23(34)24(35)12-18/h6-16,29H,4-5,17H2,1-3H3/b28-15+/t29-/m1/s1. The second-order valence-electron chi connectivity index (χ2n) is 9.47. The van der Waals surface area contributed by atoms with E-state index in [1.807, 2.05) is 19.9 Å². The summed E-state index contributed by atoms with van der Waals surface area (Å²) in [5.74, 6) is 0.958. The Balaban J connectivity index is 1.59. The molecule has 1 atom stereocenters. The Bertz CT molecular complexity index is 1940. The number of hydrogen-bond acceptors (Lipinski definition) is 8. The van der Waals surface area contributed by atoms with E-state index in [1.165, 1.54) is 29.2 Å². The predicted octanol–water partition coefficient (Wildman–Crippen LogP) is 6.35.